The molecule has 2 N–H and O–H groups in total. The molecule has 1 heterocycles. The summed E-state index contributed by atoms with van der Waals surface area (Å²) in [7, 11) is 0. The number of benzene rings is 1. The lowest BCUT2D eigenvalue weighted by Crippen LogP contribution is -2.26. The summed E-state index contributed by atoms with van der Waals surface area (Å²) in [5.41, 5.74) is 6.90. The number of ether oxygens (including phenoxy) is 1. The summed E-state index contributed by atoms with van der Waals surface area (Å²) in [4.78, 5) is 12.4. The molecule has 4 nitrogen and oxygen atoms in total. The van der Waals surface area contributed by atoms with Gasteiger partial charge in [-0.2, -0.15) is 0 Å². The van der Waals surface area contributed by atoms with Crippen molar-refractivity contribution in [3.05, 3.63) is 73.8 Å². The summed E-state index contributed by atoms with van der Waals surface area (Å²) < 4.78 is 33.8. The fourth-order valence-corrected chi connectivity index (χ4v) is 2.53. The molecule has 0 aliphatic carbocycles. The minimum Gasteiger partial charge on any atom is -0.487 e. The van der Waals surface area contributed by atoms with Crippen molar-refractivity contribution in [2.24, 2.45) is 5.73 Å². The molecule has 7 heteroatoms. The molecule has 0 saturated carbocycles. The maximum Gasteiger partial charge on any atom is 0.269 e. The molecule has 0 saturated heterocycles. The third-order valence-electron chi connectivity index (χ3n) is 3.52. The lowest BCUT2D eigenvalue weighted by molar-refractivity contribution is 0.295. The zero-order chi connectivity index (χ0) is 17.9. The van der Waals surface area contributed by atoms with Gasteiger partial charge in [0.05, 0.1) is 6.54 Å². The summed E-state index contributed by atoms with van der Waals surface area (Å²) in [5.74, 6) is -1.06. The fourth-order valence-electron chi connectivity index (χ4n) is 2.08. The summed E-state index contributed by atoms with van der Waals surface area (Å²) in [6.45, 7) is 3.69. The number of aromatic nitrogens is 1. The lowest BCUT2D eigenvalue weighted by Gasteiger charge is -2.15. The number of halogens is 3. The van der Waals surface area contributed by atoms with E-state index < -0.39 is 11.6 Å². The highest BCUT2D eigenvalue weighted by Crippen LogP contribution is 2.24. The van der Waals surface area contributed by atoms with Crippen LogP contribution in [-0.4, -0.2) is 4.57 Å². The first-order chi connectivity index (χ1) is 11.3. The van der Waals surface area contributed by atoms with Crippen molar-refractivity contribution >= 4 is 15.9 Å². The van der Waals surface area contributed by atoms with Crippen LogP contribution in [0.15, 0.2) is 45.3 Å². The van der Waals surface area contributed by atoms with Crippen LogP contribution in [0.4, 0.5) is 8.78 Å². The fraction of sp³-hybridized carbons (Fsp3) is 0.235. The molecule has 0 aliphatic heterocycles. The van der Waals surface area contributed by atoms with Crippen LogP contribution in [0.3, 0.4) is 0 Å². The van der Waals surface area contributed by atoms with Gasteiger partial charge in [0.25, 0.3) is 5.56 Å². The molecule has 0 bridgehead atoms. The Morgan fingerprint density at radius 1 is 1.38 bits per heavy atom. The highest BCUT2D eigenvalue weighted by atomic mass is 79.9. The maximum atomic E-state index is 13.6. The highest BCUT2D eigenvalue weighted by molar-refractivity contribution is 9.10. The van der Waals surface area contributed by atoms with E-state index in [2.05, 4.69) is 15.9 Å². The van der Waals surface area contributed by atoms with Crippen LogP contribution < -0.4 is 16.0 Å². The predicted octanol–water partition coefficient (Wildman–Crippen LogP) is 3.64. The summed E-state index contributed by atoms with van der Waals surface area (Å²) >= 11 is 3.21. The van der Waals surface area contributed by atoms with Gasteiger partial charge < -0.3 is 15.0 Å². The topological polar surface area (TPSA) is 57.2 Å². The molecule has 0 unspecified atom stereocenters. The average molecular weight is 399 g/mol. The number of nitrogens with two attached hydrogens (primary N) is 1. The molecule has 0 spiro atoms. The van der Waals surface area contributed by atoms with Crippen molar-refractivity contribution in [3.8, 4) is 5.75 Å². The lowest BCUT2D eigenvalue weighted by atomic mass is 10.2. The largest absolute Gasteiger partial charge is 0.487 e. The normalized spacial score (nSPS) is 11.6. The zero-order valence-electron chi connectivity index (χ0n) is 13.3. The van der Waals surface area contributed by atoms with Crippen LogP contribution in [0.1, 0.15) is 18.2 Å². The Hall–Kier alpha value is -2.15. The van der Waals surface area contributed by atoms with Crippen molar-refractivity contribution in [2.45, 2.75) is 27.0 Å². The van der Waals surface area contributed by atoms with Crippen molar-refractivity contribution in [1.82, 2.24) is 4.57 Å². The number of hydrogen-bond acceptors (Lipinski definition) is 3. The van der Waals surface area contributed by atoms with Gasteiger partial charge in [0.2, 0.25) is 0 Å². The molecule has 0 aliphatic rings. The number of rotatable bonds is 5. The first kappa shape index (κ1) is 18.2. The molecule has 1 aromatic heterocycles. The van der Waals surface area contributed by atoms with E-state index in [1.54, 1.807) is 26.0 Å². The van der Waals surface area contributed by atoms with E-state index in [-0.39, 0.29) is 34.5 Å². The molecule has 2 aromatic rings. The maximum absolute atomic E-state index is 13.6. The monoisotopic (exact) mass is 398 g/mol. The molecule has 0 amide bonds. The minimum absolute atomic E-state index is 0.120. The van der Waals surface area contributed by atoms with E-state index in [0.717, 1.165) is 12.1 Å². The number of pyridine rings is 1. The van der Waals surface area contributed by atoms with Gasteiger partial charge in [-0.3, -0.25) is 4.79 Å². The number of nitrogens with zero attached hydrogens (tertiary/aromatic N) is 1. The Balaban J connectivity index is 2.27. The molecule has 2 rings (SSSR count). The van der Waals surface area contributed by atoms with E-state index >= 15 is 0 Å². The zero-order valence-corrected chi connectivity index (χ0v) is 14.9. The van der Waals surface area contributed by atoms with Crippen LogP contribution in [-0.2, 0) is 13.2 Å². The Morgan fingerprint density at radius 3 is 2.71 bits per heavy atom. The summed E-state index contributed by atoms with van der Waals surface area (Å²) in [5, 5.41) is 0. The van der Waals surface area contributed by atoms with Gasteiger partial charge in [-0.15, -0.1) is 0 Å². The molecule has 0 radical (unpaired) electrons. The van der Waals surface area contributed by atoms with Crippen molar-refractivity contribution in [1.29, 1.82) is 0 Å². The minimum atomic E-state index is -0.697. The molecule has 0 atom stereocenters. The van der Waals surface area contributed by atoms with Gasteiger partial charge in [0, 0.05) is 29.1 Å². The Morgan fingerprint density at radius 2 is 2.08 bits per heavy atom. The molecule has 24 heavy (non-hydrogen) atoms. The van der Waals surface area contributed by atoms with Crippen LogP contribution in [0, 0.1) is 18.6 Å². The predicted molar refractivity (Wildman–Crippen MR) is 91.8 cm³/mol. The van der Waals surface area contributed by atoms with Crippen molar-refractivity contribution in [2.75, 3.05) is 0 Å². The first-order valence-electron chi connectivity index (χ1n) is 7.20. The van der Waals surface area contributed by atoms with Gasteiger partial charge in [-0.05, 0) is 41.9 Å². The van der Waals surface area contributed by atoms with Gasteiger partial charge in [-0.25, -0.2) is 8.78 Å². The van der Waals surface area contributed by atoms with Gasteiger partial charge in [0.1, 0.15) is 28.5 Å². The van der Waals surface area contributed by atoms with Crippen molar-refractivity contribution in [3.63, 3.8) is 0 Å². The van der Waals surface area contributed by atoms with Crippen LogP contribution in [0.2, 0.25) is 0 Å². The standard InChI is InChI=1S/C17H17BrF2N2O2/c1-3-13(21)8-22-10(2)6-15(16(18)17(22)23)24-9-11-4-5-12(19)7-14(11)20/h3-7H,8-9,21H2,1-2H3/b13-3-. The second-order valence-electron chi connectivity index (χ2n) is 5.24. The van der Waals surface area contributed by atoms with Gasteiger partial charge in [0.15, 0.2) is 0 Å². The van der Waals surface area contributed by atoms with Gasteiger partial charge >= 0.3 is 0 Å². The van der Waals surface area contributed by atoms with Crippen LogP contribution >= 0.6 is 15.9 Å². The van der Waals surface area contributed by atoms with Crippen LogP contribution in [0.25, 0.3) is 0 Å². The van der Waals surface area contributed by atoms with E-state index in [4.69, 9.17) is 10.5 Å². The first-order valence-corrected chi connectivity index (χ1v) is 8.00. The SMILES string of the molecule is C/C=C(\N)Cn1c(C)cc(OCc2ccc(F)cc2F)c(Br)c1=O. The Kier molecular flexibility index (Phi) is 5.77. The van der Waals surface area contributed by atoms with E-state index in [1.807, 2.05) is 0 Å². The van der Waals surface area contributed by atoms with E-state index in [0.29, 0.717) is 11.4 Å². The van der Waals surface area contributed by atoms with Gasteiger partial charge in [-0.1, -0.05) is 6.08 Å². The molecule has 1 aromatic carbocycles. The molecular formula is C17H17BrF2N2O2. The quantitative estimate of drug-likeness (QED) is 0.836. The number of allylic oxidation sites excluding steroid dienone is 2. The number of aryl methyl sites for hydroxylation is 1. The second-order valence-corrected chi connectivity index (χ2v) is 6.04. The highest BCUT2D eigenvalue weighted by Gasteiger charge is 2.13. The summed E-state index contributed by atoms with van der Waals surface area (Å²) in [6, 6.07) is 4.91. The Labute approximate surface area is 146 Å². The Bertz CT molecular complexity index is 847. The molecule has 128 valence electrons. The van der Waals surface area contributed by atoms with E-state index in [9.17, 15) is 13.6 Å². The average Bonchev–Trinajstić information content (AvgIpc) is 2.54. The van der Waals surface area contributed by atoms with Crippen LogP contribution in [0.5, 0.6) is 5.75 Å². The summed E-state index contributed by atoms with van der Waals surface area (Å²) in [6.07, 6.45) is 1.72. The second kappa shape index (κ2) is 7.61. The van der Waals surface area contributed by atoms with Crippen molar-refractivity contribution < 1.29 is 13.5 Å². The molecular weight excluding hydrogens is 382 g/mol. The van der Waals surface area contributed by atoms with E-state index in [1.165, 1.54) is 10.6 Å². The smallest absolute Gasteiger partial charge is 0.269 e. The third-order valence-corrected chi connectivity index (χ3v) is 4.25. The number of hydrogen-bond donors (Lipinski definition) is 1. The molecule has 0 fully saturated rings. The third kappa shape index (κ3) is 4.03.